The third-order valence-corrected chi connectivity index (χ3v) is 5.68. The minimum absolute atomic E-state index is 0.224. The predicted octanol–water partition coefficient (Wildman–Crippen LogP) is 2.56. The van der Waals surface area contributed by atoms with E-state index < -0.39 is 23.7 Å². The molecule has 4 aromatic rings. The van der Waals surface area contributed by atoms with Crippen LogP contribution in [0.15, 0.2) is 70.5 Å². The van der Waals surface area contributed by atoms with Crippen LogP contribution in [0.2, 0.25) is 0 Å². The summed E-state index contributed by atoms with van der Waals surface area (Å²) in [5.41, 5.74) is 1.22. The number of carbonyl (C=O) groups excluding carboxylic acids is 1. The number of hydrogen-bond donors (Lipinski definition) is 1. The average Bonchev–Trinajstić information content (AvgIpc) is 3.24. The molecule has 4 rings (SSSR count). The summed E-state index contributed by atoms with van der Waals surface area (Å²) in [6, 6.07) is 15.4. The molecule has 0 aliphatic heterocycles. The highest BCUT2D eigenvalue weighted by atomic mass is 19.1. The zero-order valence-corrected chi connectivity index (χ0v) is 19.8. The predicted molar refractivity (Wildman–Crippen MR) is 132 cm³/mol. The van der Waals surface area contributed by atoms with Gasteiger partial charge in [-0.25, -0.2) is 18.7 Å². The van der Waals surface area contributed by atoms with E-state index in [-0.39, 0.29) is 18.3 Å². The maximum atomic E-state index is 13.4. The third kappa shape index (κ3) is 5.56. The van der Waals surface area contributed by atoms with E-state index in [1.165, 1.54) is 16.7 Å². The minimum Gasteiger partial charge on any atom is -0.354 e. The van der Waals surface area contributed by atoms with Gasteiger partial charge in [-0.3, -0.25) is 14.2 Å². The molecular formula is C26H28FN5O3. The lowest BCUT2D eigenvalue weighted by molar-refractivity contribution is -0.121. The second-order valence-corrected chi connectivity index (χ2v) is 8.94. The van der Waals surface area contributed by atoms with Crippen molar-refractivity contribution in [2.45, 2.75) is 39.9 Å². The van der Waals surface area contributed by atoms with Gasteiger partial charge in [-0.05, 0) is 35.6 Å². The Balaban J connectivity index is 1.64. The molecule has 0 saturated carbocycles. The molecule has 0 saturated heterocycles. The Bertz CT molecular complexity index is 1440. The van der Waals surface area contributed by atoms with E-state index >= 15 is 0 Å². The SMILES string of the molecule is CC(C)Cn1cnc2c1c(=O)n(CC(=O)NCCc1ccc(F)cc1)c(=O)n2Cc1ccccc1. The number of rotatable bonds is 9. The Morgan fingerprint density at radius 2 is 1.71 bits per heavy atom. The summed E-state index contributed by atoms with van der Waals surface area (Å²) >= 11 is 0. The second-order valence-electron chi connectivity index (χ2n) is 8.94. The van der Waals surface area contributed by atoms with Crippen LogP contribution < -0.4 is 16.6 Å². The summed E-state index contributed by atoms with van der Waals surface area (Å²) in [5, 5.41) is 2.74. The summed E-state index contributed by atoms with van der Waals surface area (Å²) in [6.45, 7) is 4.72. The summed E-state index contributed by atoms with van der Waals surface area (Å²) in [4.78, 5) is 43.8. The molecule has 0 atom stereocenters. The van der Waals surface area contributed by atoms with Crippen LogP contribution in [-0.4, -0.2) is 31.1 Å². The Kier molecular flexibility index (Phi) is 7.24. The Morgan fingerprint density at radius 3 is 2.40 bits per heavy atom. The van der Waals surface area contributed by atoms with Crippen molar-refractivity contribution in [3.8, 4) is 0 Å². The van der Waals surface area contributed by atoms with Crippen LogP contribution in [0, 0.1) is 11.7 Å². The summed E-state index contributed by atoms with van der Waals surface area (Å²) in [6.07, 6.45) is 2.07. The molecule has 1 amide bonds. The first-order valence-corrected chi connectivity index (χ1v) is 11.6. The van der Waals surface area contributed by atoms with Gasteiger partial charge in [-0.15, -0.1) is 0 Å². The maximum absolute atomic E-state index is 13.4. The van der Waals surface area contributed by atoms with Gasteiger partial charge in [0.2, 0.25) is 5.91 Å². The molecule has 0 aliphatic carbocycles. The highest BCUT2D eigenvalue weighted by Crippen LogP contribution is 2.12. The largest absolute Gasteiger partial charge is 0.354 e. The third-order valence-electron chi connectivity index (χ3n) is 5.68. The standard InChI is InChI=1S/C26H28FN5O3/c1-18(2)14-30-17-29-24-23(30)25(34)32(26(35)31(24)15-20-6-4-3-5-7-20)16-22(33)28-13-12-19-8-10-21(27)11-9-19/h3-11,17-18H,12-16H2,1-2H3,(H,28,33). The minimum atomic E-state index is -0.588. The van der Waals surface area contributed by atoms with E-state index in [1.54, 1.807) is 23.0 Å². The van der Waals surface area contributed by atoms with Gasteiger partial charge in [0.25, 0.3) is 5.56 Å². The number of hydrogen-bond acceptors (Lipinski definition) is 4. The smallest absolute Gasteiger partial charge is 0.333 e. The topological polar surface area (TPSA) is 90.9 Å². The zero-order chi connectivity index (χ0) is 24.9. The molecule has 8 nitrogen and oxygen atoms in total. The van der Waals surface area contributed by atoms with Crippen LogP contribution in [0.1, 0.15) is 25.0 Å². The molecule has 9 heteroatoms. The second kappa shape index (κ2) is 10.5. The Hall–Kier alpha value is -4.01. The molecule has 0 aliphatic rings. The number of carbonyl (C=O) groups is 1. The monoisotopic (exact) mass is 477 g/mol. The van der Waals surface area contributed by atoms with Crippen LogP contribution in [0.25, 0.3) is 11.2 Å². The molecule has 0 fully saturated rings. The first kappa shape index (κ1) is 24.1. The van der Waals surface area contributed by atoms with Gasteiger partial charge < -0.3 is 9.88 Å². The van der Waals surface area contributed by atoms with Gasteiger partial charge in [-0.2, -0.15) is 0 Å². The van der Waals surface area contributed by atoms with Crippen molar-refractivity contribution < 1.29 is 9.18 Å². The van der Waals surface area contributed by atoms with E-state index in [0.717, 1.165) is 15.7 Å². The van der Waals surface area contributed by atoms with Crippen molar-refractivity contribution in [3.05, 3.63) is 98.7 Å². The number of nitrogens with one attached hydrogen (secondary N) is 1. The van der Waals surface area contributed by atoms with Crippen molar-refractivity contribution >= 4 is 17.1 Å². The van der Waals surface area contributed by atoms with Gasteiger partial charge >= 0.3 is 5.69 Å². The van der Waals surface area contributed by atoms with E-state index in [2.05, 4.69) is 10.3 Å². The lowest BCUT2D eigenvalue weighted by Gasteiger charge is -2.13. The molecule has 2 aromatic carbocycles. The number of nitrogens with zero attached hydrogens (tertiary/aromatic N) is 4. The molecule has 0 radical (unpaired) electrons. The van der Waals surface area contributed by atoms with Crippen molar-refractivity contribution in [2.24, 2.45) is 5.92 Å². The maximum Gasteiger partial charge on any atom is 0.333 e. The summed E-state index contributed by atoms with van der Waals surface area (Å²) < 4.78 is 17.2. The highest BCUT2D eigenvalue weighted by molar-refractivity contribution is 5.76. The molecule has 1 N–H and O–H groups in total. The molecule has 2 aromatic heterocycles. The van der Waals surface area contributed by atoms with Crippen LogP contribution in [0.4, 0.5) is 4.39 Å². The quantitative estimate of drug-likeness (QED) is 0.401. The van der Waals surface area contributed by atoms with Crippen LogP contribution in [-0.2, 0) is 30.8 Å². The number of fused-ring (bicyclic) bond motifs is 1. The fraction of sp³-hybridized carbons (Fsp3) is 0.308. The average molecular weight is 478 g/mol. The van der Waals surface area contributed by atoms with E-state index in [4.69, 9.17) is 0 Å². The fourth-order valence-electron chi connectivity index (χ4n) is 4.02. The van der Waals surface area contributed by atoms with E-state index in [1.807, 2.05) is 44.2 Å². The van der Waals surface area contributed by atoms with Gasteiger partial charge in [0.1, 0.15) is 12.4 Å². The highest BCUT2D eigenvalue weighted by Gasteiger charge is 2.20. The molecule has 2 heterocycles. The Morgan fingerprint density at radius 1 is 1.00 bits per heavy atom. The zero-order valence-electron chi connectivity index (χ0n) is 19.8. The van der Waals surface area contributed by atoms with Gasteiger partial charge in [0.05, 0.1) is 12.9 Å². The molecule has 35 heavy (non-hydrogen) atoms. The lowest BCUT2D eigenvalue weighted by Crippen LogP contribution is -2.44. The molecule has 0 bridgehead atoms. The fourth-order valence-corrected chi connectivity index (χ4v) is 4.02. The Labute approximate surface area is 201 Å². The van der Waals surface area contributed by atoms with Crippen LogP contribution in [0.5, 0.6) is 0 Å². The molecule has 182 valence electrons. The van der Waals surface area contributed by atoms with Gasteiger partial charge in [-0.1, -0.05) is 56.3 Å². The van der Waals surface area contributed by atoms with Crippen LogP contribution >= 0.6 is 0 Å². The number of benzene rings is 2. The van der Waals surface area contributed by atoms with Crippen molar-refractivity contribution in [1.82, 2.24) is 24.0 Å². The van der Waals surface area contributed by atoms with Crippen molar-refractivity contribution in [1.29, 1.82) is 0 Å². The first-order chi connectivity index (χ1) is 16.8. The van der Waals surface area contributed by atoms with Gasteiger partial charge in [0.15, 0.2) is 11.2 Å². The number of aromatic nitrogens is 4. The van der Waals surface area contributed by atoms with Crippen molar-refractivity contribution in [3.63, 3.8) is 0 Å². The van der Waals surface area contributed by atoms with Crippen molar-refractivity contribution in [2.75, 3.05) is 6.54 Å². The van der Waals surface area contributed by atoms with E-state index in [9.17, 15) is 18.8 Å². The van der Waals surface area contributed by atoms with Gasteiger partial charge in [0, 0.05) is 13.1 Å². The van der Waals surface area contributed by atoms with Crippen LogP contribution in [0.3, 0.4) is 0 Å². The first-order valence-electron chi connectivity index (χ1n) is 11.6. The summed E-state index contributed by atoms with van der Waals surface area (Å²) in [5.74, 6) is -0.521. The number of imidazole rings is 1. The molecular weight excluding hydrogens is 449 g/mol. The number of amides is 1. The summed E-state index contributed by atoms with van der Waals surface area (Å²) in [7, 11) is 0. The molecule has 0 unspecified atom stereocenters. The van der Waals surface area contributed by atoms with E-state index in [0.29, 0.717) is 30.7 Å². The number of halogens is 1. The lowest BCUT2D eigenvalue weighted by atomic mass is 10.1. The normalized spacial score (nSPS) is 11.3. The molecule has 0 spiro atoms.